The van der Waals surface area contributed by atoms with Gasteiger partial charge in [0.1, 0.15) is 5.82 Å². The normalized spacial score (nSPS) is 36.3. The Labute approximate surface area is 184 Å². The number of rotatable bonds is 7. The lowest BCUT2D eigenvalue weighted by Gasteiger charge is -2.34. The lowest BCUT2D eigenvalue weighted by atomic mass is 9.87. The molecule has 0 spiro atoms. The second-order valence-corrected chi connectivity index (χ2v) is 5.47. The number of ether oxygens (including phenoxy) is 2. The Balaban J connectivity index is 2.27. The smallest absolute Gasteiger partial charge is 0.166 e. The standard InChI is InChI=1S/C22H28FNO3/c1-26-20-5-3-4-19(22(20)27-2)21(25)17-11-14-24(15-12-17)13-10-16-6-8-18(23)9-7-16/h3-9,17,21,25H,10-15H2,1-2H3/i1D3,2D3,11D2,12D2,13D2,14D2,15D2,17D. The molecule has 0 bridgehead atoms. The Morgan fingerprint density at radius 2 is 2.00 bits per heavy atom. The summed E-state index contributed by atoms with van der Waals surface area (Å²) in [5.74, 6) is -6.61. The molecule has 1 fully saturated rings. The third kappa shape index (κ3) is 4.79. The van der Waals surface area contributed by atoms with Crippen molar-refractivity contribution >= 4 is 0 Å². The Hall–Kier alpha value is -2.11. The Morgan fingerprint density at radius 3 is 2.70 bits per heavy atom. The molecule has 4 nitrogen and oxygen atoms in total. The third-order valence-electron chi connectivity index (χ3n) is 3.75. The maximum atomic E-state index is 13.4. The summed E-state index contributed by atoms with van der Waals surface area (Å²) in [6.45, 7) is -11.1. The molecule has 2 aromatic rings. The number of methoxy groups -OCH3 is 2. The number of likely N-dealkylation sites (tertiary alicyclic amines) is 1. The van der Waals surface area contributed by atoms with Crippen molar-refractivity contribution in [3.05, 3.63) is 59.4 Å². The van der Waals surface area contributed by atoms with Crippen molar-refractivity contribution in [3.8, 4) is 11.5 Å². The first-order chi connectivity index (χ1) is 19.5. The molecule has 0 amide bonds. The number of piperidine rings is 1. The first-order valence-electron chi connectivity index (χ1n) is 16.3. The van der Waals surface area contributed by atoms with Crippen molar-refractivity contribution in [1.29, 1.82) is 0 Å². The van der Waals surface area contributed by atoms with E-state index in [4.69, 9.17) is 32.8 Å². The monoisotopic (exact) mass is 390 g/mol. The highest BCUT2D eigenvalue weighted by atomic mass is 19.1. The van der Waals surface area contributed by atoms with Gasteiger partial charge in [-0.05, 0) is 61.8 Å². The summed E-state index contributed by atoms with van der Waals surface area (Å²) in [6.07, 6.45) is -11.9. The zero-order valence-corrected chi connectivity index (χ0v) is 13.9. The van der Waals surface area contributed by atoms with Crippen LogP contribution in [0.3, 0.4) is 0 Å². The largest absolute Gasteiger partial charge is 0.493 e. The summed E-state index contributed by atoms with van der Waals surface area (Å²) in [7, 11) is -6.60. The quantitative estimate of drug-likeness (QED) is 0.780. The number of aliphatic hydroxyl groups excluding tert-OH is 1. The van der Waals surface area contributed by atoms with Crippen LogP contribution >= 0.6 is 0 Å². The fraction of sp³-hybridized carbons (Fsp3) is 0.455. The Kier molecular flexibility index (Phi) is 2.51. The van der Waals surface area contributed by atoms with Gasteiger partial charge in [0.05, 0.1) is 28.4 Å². The van der Waals surface area contributed by atoms with Gasteiger partial charge in [-0.2, -0.15) is 0 Å². The maximum Gasteiger partial charge on any atom is 0.166 e. The van der Waals surface area contributed by atoms with Gasteiger partial charge >= 0.3 is 0 Å². The SMILES string of the molecule is [2H]C([2H])([2H])Oc1cccc(C(O)C2([2H])C([2H])([2H])C([2H])([2H])N(C([2H])([2H])Cc3ccc(F)cc3)C([2H])([2H])C2([2H])[2H])c1OC([2H])([2H])[2H]. The van der Waals surface area contributed by atoms with Crippen LogP contribution in [-0.2, 0) is 6.42 Å². The summed E-state index contributed by atoms with van der Waals surface area (Å²) in [4.78, 5) is -0.357. The molecule has 0 aromatic heterocycles. The van der Waals surface area contributed by atoms with Crippen LogP contribution in [0.2, 0.25) is 0 Å². The van der Waals surface area contributed by atoms with Gasteiger partial charge < -0.3 is 19.5 Å². The first-order valence-corrected chi connectivity index (χ1v) is 7.78. The summed E-state index contributed by atoms with van der Waals surface area (Å²) in [5, 5.41) is 11.5. The van der Waals surface area contributed by atoms with Crippen molar-refractivity contribution in [2.24, 2.45) is 5.89 Å². The van der Waals surface area contributed by atoms with E-state index in [9.17, 15) is 9.50 Å². The molecule has 2 aromatic carbocycles. The lowest BCUT2D eigenvalue weighted by Crippen LogP contribution is -2.36. The predicted molar refractivity (Wildman–Crippen MR) is 104 cm³/mol. The molecule has 1 heterocycles. The zero-order valence-electron chi connectivity index (χ0n) is 30.9. The second-order valence-electron chi connectivity index (χ2n) is 5.47. The van der Waals surface area contributed by atoms with E-state index in [1.54, 1.807) is 0 Å². The first kappa shape index (κ1) is 7.37. The van der Waals surface area contributed by atoms with Crippen molar-refractivity contribution in [1.82, 2.24) is 4.90 Å². The highest BCUT2D eigenvalue weighted by molar-refractivity contribution is 5.47. The number of benzene rings is 2. The van der Waals surface area contributed by atoms with Gasteiger partial charge in [0.15, 0.2) is 11.5 Å². The molecule has 0 saturated carbocycles. The average Bonchev–Trinajstić information content (AvgIpc) is 2.82. The van der Waals surface area contributed by atoms with Gasteiger partial charge in [0.2, 0.25) is 0 Å². The van der Waals surface area contributed by atoms with E-state index in [-0.39, 0.29) is 10.5 Å². The molecule has 27 heavy (non-hydrogen) atoms. The minimum absolute atomic E-state index is 0.00407. The molecule has 1 aliphatic heterocycles. The molecule has 0 aliphatic carbocycles. The van der Waals surface area contributed by atoms with E-state index >= 15 is 0 Å². The molecule has 146 valence electrons. The fourth-order valence-corrected chi connectivity index (χ4v) is 2.37. The van der Waals surface area contributed by atoms with Gasteiger partial charge in [-0.25, -0.2) is 4.39 Å². The number of aliphatic hydroxyl groups is 1. The molecule has 5 heteroatoms. The maximum absolute atomic E-state index is 13.4. The van der Waals surface area contributed by atoms with Gasteiger partial charge in [-0.1, -0.05) is 24.3 Å². The number of para-hydroxylation sites is 1. The van der Waals surface area contributed by atoms with Gasteiger partial charge in [-0.15, -0.1) is 0 Å². The Bertz CT molecular complexity index is 1330. The van der Waals surface area contributed by atoms with Gasteiger partial charge in [0, 0.05) is 27.1 Å². The number of hydrogen-bond acceptors (Lipinski definition) is 4. The van der Waals surface area contributed by atoms with E-state index < -0.39 is 87.6 Å². The number of hydrogen-bond donors (Lipinski definition) is 1. The van der Waals surface area contributed by atoms with Crippen LogP contribution in [0.25, 0.3) is 0 Å². The fourth-order valence-electron chi connectivity index (χ4n) is 2.37. The van der Waals surface area contributed by atoms with Crippen molar-refractivity contribution in [3.63, 3.8) is 0 Å². The number of aryl methyl sites for hydroxylation is 1. The lowest BCUT2D eigenvalue weighted by molar-refractivity contribution is 0.0573. The molecule has 1 saturated heterocycles. The summed E-state index contributed by atoms with van der Waals surface area (Å²) in [5.41, 5.74) is -0.954. The van der Waals surface area contributed by atoms with Crippen LogP contribution in [0.5, 0.6) is 11.5 Å². The van der Waals surface area contributed by atoms with Gasteiger partial charge in [-0.3, -0.25) is 0 Å². The van der Waals surface area contributed by atoms with E-state index in [0.717, 1.165) is 42.5 Å². The van der Waals surface area contributed by atoms with E-state index in [1.165, 1.54) is 0 Å². The summed E-state index contributed by atoms with van der Waals surface area (Å²) >= 11 is 0. The zero-order chi connectivity index (χ0) is 34.1. The van der Waals surface area contributed by atoms with Crippen LogP contribution in [-0.4, -0.2) is 43.6 Å². The molecule has 3 rings (SSSR count). The molecule has 1 N–H and O–H groups in total. The topological polar surface area (TPSA) is 41.9 Å². The van der Waals surface area contributed by atoms with Crippen molar-refractivity contribution < 1.29 is 42.3 Å². The summed E-state index contributed by atoms with van der Waals surface area (Å²) in [6, 6.07) is 6.73. The third-order valence-corrected chi connectivity index (χ3v) is 3.75. The van der Waals surface area contributed by atoms with E-state index in [2.05, 4.69) is 0 Å². The molecular formula is C22H28FNO3. The highest BCUT2D eigenvalue weighted by Crippen LogP contribution is 2.39. The highest BCUT2D eigenvalue weighted by Gasteiger charge is 2.28. The van der Waals surface area contributed by atoms with E-state index in [0.29, 0.717) is 0 Å². The van der Waals surface area contributed by atoms with Crippen LogP contribution in [0.4, 0.5) is 4.39 Å². The second kappa shape index (κ2) is 9.20. The molecule has 1 unspecified atom stereocenters. The summed E-state index contributed by atoms with van der Waals surface area (Å²) < 4.78 is 162. The van der Waals surface area contributed by atoms with Crippen LogP contribution in [0.15, 0.2) is 42.5 Å². The number of halogens is 1. The molecule has 1 aliphatic rings. The molecule has 1 atom stereocenters. The Morgan fingerprint density at radius 1 is 1.26 bits per heavy atom. The van der Waals surface area contributed by atoms with Crippen LogP contribution in [0, 0.1) is 11.7 Å². The molecule has 0 radical (unpaired) electrons. The molecular weight excluding hydrogens is 345 g/mol. The number of nitrogens with zero attached hydrogens (tertiary/aromatic N) is 1. The van der Waals surface area contributed by atoms with Crippen LogP contribution < -0.4 is 9.47 Å². The minimum atomic E-state index is -4.02. The van der Waals surface area contributed by atoms with Crippen molar-refractivity contribution in [2.45, 2.75) is 25.3 Å². The van der Waals surface area contributed by atoms with Crippen LogP contribution in [0.1, 0.15) is 53.3 Å². The average molecular weight is 391 g/mol. The predicted octanol–water partition coefficient (Wildman–Crippen LogP) is 3.83. The van der Waals surface area contributed by atoms with Gasteiger partial charge in [0.25, 0.3) is 0 Å². The minimum Gasteiger partial charge on any atom is -0.493 e. The van der Waals surface area contributed by atoms with E-state index in [1.807, 2.05) is 0 Å². The van der Waals surface area contributed by atoms with Crippen molar-refractivity contribution in [2.75, 3.05) is 33.6 Å².